The smallest absolute Gasteiger partial charge is 0.225 e. The van der Waals surface area contributed by atoms with Crippen LogP contribution in [0, 0.1) is 0 Å². The molecule has 21 heavy (non-hydrogen) atoms. The fourth-order valence-electron chi connectivity index (χ4n) is 1.85. The Bertz CT molecular complexity index is 622. The van der Waals surface area contributed by atoms with Crippen LogP contribution < -0.4 is 11.1 Å². The summed E-state index contributed by atoms with van der Waals surface area (Å²) in [5.41, 5.74) is 7.03. The Labute approximate surface area is 126 Å². The van der Waals surface area contributed by atoms with E-state index in [4.69, 9.17) is 5.73 Å². The van der Waals surface area contributed by atoms with Crippen LogP contribution in [-0.2, 0) is 4.79 Å². The number of rotatable bonds is 6. The lowest BCUT2D eigenvalue weighted by atomic mass is 10.3. The molecule has 1 amide bonds. The topological polar surface area (TPSA) is 98.7 Å². The van der Waals surface area contributed by atoms with Gasteiger partial charge >= 0.3 is 0 Å². The van der Waals surface area contributed by atoms with Crippen molar-refractivity contribution in [3.63, 3.8) is 0 Å². The summed E-state index contributed by atoms with van der Waals surface area (Å²) in [5, 5.41) is 15.3. The van der Waals surface area contributed by atoms with Gasteiger partial charge in [0.15, 0.2) is 0 Å². The monoisotopic (exact) mass is 304 g/mol. The van der Waals surface area contributed by atoms with Gasteiger partial charge in [-0.05, 0) is 47.5 Å². The van der Waals surface area contributed by atoms with Crippen molar-refractivity contribution in [1.82, 2.24) is 20.2 Å². The average molecular weight is 304 g/mol. The van der Waals surface area contributed by atoms with Crippen LogP contribution in [0.25, 0.3) is 0 Å². The number of amides is 1. The maximum absolute atomic E-state index is 11.8. The molecule has 1 fully saturated rings. The Morgan fingerprint density at radius 1 is 1.38 bits per heavy atom. The molecule has 0 radical (unpaired) electrons. The number of aromatic nitrogens is 4. The molecule has 0 atom stereocenters. The highest BCUT2D eigenvalue weighted by molar-refractivity contribution is 7.99. The molecule has 0 unspecified atom stereocenters. The Morgan fingerprint density at radius 3 is 2.86 bits per heavy atom. The summed E-state index contributed by atoms with van der Waals surface area (Å²) < 4.78 is 1.85. The molecular weight excluding hydrogens is 288 g/mol. The largest absolute Gasteiger partial charge is 0.399 e. The number of nitrogens with one attached hydrogen (secondary N) is 1. The van der Waals surface area contributed by atoms with E-state index in [2.05, 4.69) is 20.8 Å². The minimum atomic E-state index is -0.0299. The van der Waals surface area contributed by atoms with Crippen LogP contribution in [0.5, 0.6) is 0 Å². The van der Waals surface area contributed by atoms with Crippen molar-refractivity contribution < 1.29 is 4.79 Å². The average Bonchev–Trinajstić information content (AvgIpc) is 3.21. The second-order valence-corrected chi connectivity index (χ2v) is 5.97. The molecule has 3 rings (SSSR count). The highest BCUT2D eigenvalue weighted by Crippen LogP contribution is 2.36. The van der Waals surface area contributed by atoms with Gasteiger partial charge in [0.1, 0.15) is 0 Å². The standard InChI is InChI=1S/C13H16N6OS/c14-9-1-3-10(4-2-9)15-12(20)7-8-21-13-16-17-18-19(13)11-5-6-11/h1-4,11H,5-8,14H2,(H,15,20). The van der Waals surface area contributed by atoms with E-state index in [-0.39, 0.29) is 5.91 Å². The molecule has 1 aromatic carbocycles. The summed E-state index contributed by atoms with van der Waals surface area (Å²) in [6.07, 6.45) is 2.68. The highest BCUT2D eigenvalue weighted by atomic mass is 32.2. The van der Waals surface area contributed by atoms with E-state index >= 15 is 0 Å². The Morgan fingerprint density at radius 2 is 2.14 bits per heavy atom. The summed E-state index contributed by atoms with van der Waals surface area (Å²) in [6, 6.07) is 7.54. The van der Waals surface area contributed by atoms with E-state index < -0.39 is 0 Å². The number of hydrogen-bond donors (Lipinski definition) is 2. The van der Waals surface area contributed by atoms with Crippen LogP contribution in [0.15, 0.2) is 29.4 Å². The number of hydrogen-bond acceptors (Lipinski definition) is 6. The number of carbonyl (C=O) groups is 1. The minimum absolute atomic E-state index is 0.0299. The molecule has 0 aliphatic heterocycles. The van der Waals surface area contributed by atoms with Gasteiger partial charge in [-0.25, -0.2) is 4.68 Å². The second kappa shape index (κ2) is 6.13. The zero-order valence-electron chi connectivity index (χ0n) is 11.4. The lowest BCUT2D eigenvalue weighted by Gasteiger charge is -2.05. The first-order chi connectivity index (χ1) is 10.2. The van der Waals surface area contributed by atoms with Crippen LogP contribution in [0.3, 0.4) is 0 Å². The molecule has 1 aromatic heterocycles. The molecule has 2 aromatic rings. The number of tetrazole rings is 1. The fourth-order valence-corrected chi connectivity index (χ4v) is 2.74. The maximum atomic E-state index is 11.8. The number of benzene rings is 1. The molecule has 3 N–H and O–H groups in total. The molecular formula is C13H16N6OS. The first kappa shape index (κ1) is 13.9. The third-order valence-corrected chi connectivity index (χ3v) is 4.05. The molecule has 1 aliphatic carbocycles. The Balaban J connectivity index is 1.45. The van der Waals surface area contributed by atoms with Gasteiger partial charge in [-0.2, -0.15) is 0 Å². The van der Waals surface area contributed by atoms with Gasteiger partial charge in [0.2, 0.25) is 11.1 Å². The van der Waals surface area contributed by atoms with Gasteiger partial charge in [-0.3, -0.25) is 4.79 Å². The number of carbonyl (C=O) groups excluding carboxylic acids is 1. The lowest BCUT2D eigenvalue weighted by Crippen LogP contribution is -2.12. The van der Waals surface area contributed by atoms with Gasteiger partial charge in [-0.1, -0.05) is 11.8 Å². The number of anilines is 2. The van der Waals surface area contributed by atoms with Crippen LogP contribution in [0.2, 0.25) is 0 Å². The third kappa shape index (κ3) is 3.72. The highest BCUT2D eigenvalue weighted by Gasteiger charge is 2.27. The van der Waals surface area contributed by atoms with Crippen molar-refractivity contribution >= 4 is 29.0 Å². The van der Waals surface area contributed by atoms with E-state index in [0.717, 1.165) is 23.7 Å². The summed E-state index contributed by atoms with van der Waals surface area (Å²) in [5.74, 6) is 0.617. The van der Waals surface area contributed by atoms with Gasteiger partial charge in [-0.15, -0.1) is 5.10 Å². The van der Waals surface area contributed by atoms with Crippen molar-refractivity contribution in [2.45, 2.75) is 30.5 Å². The first-order valence-electron chi connectivity index (χ1n) is 6.78. The van der Waals surface area contributed by atoms with Gasteiger partial charge in [0.05, 0.1) is 6.04 Å². The molecule has 7 nitrogen and oxygen atoms in total. The van der Waals surface area contributed by atoms with Crippen LogP contribution >= 0.6 is 11.8 Å². The first-order valence-corrected chi connectivity index (χ1v) is 7.77. The van der Waals surface area contributed by atoms with Crippen molar-refractivity contribution in [2.75, 3.05) is 16.8 Å². The Kier molecular flexibility index (Phi) is 4.05. The molecule has 0 spiro atoms. The van der Waals surface area contributed by atoms with Crippen molar-refractivity contribution in [1.29, 1.82) is 0 Å². The van der Waals surface area contributed by atoms with Crippen LogP contribution in [0.1, 0.15) is 25.3 Å². The van der Waals surface area contributed by atoms with E-state index in [9.17, 15) is 4.79 Å². The quantitative estimate of drug-likeness (QED) is 0.622. The van der Waals surface area contributed by atoms with E-state index in [1.54, 1.807) is 24.3 Å². The zero-order valence-corrected chi connectivity index (χ0v) is 12.2. The number of nitrogens with two attached hydrogens (primary N) is 1. The van der Waals surface area contributed by atoms with Gasteiger partial charge in [0, 0.05) is 23.5 Å². The molecule has 1 aliphatic rings. The number of thioether (sulfide) groups is 1. The molecule has 1 heterocycles. The van der Waals surface area contributed by atoms with Gasteiger partial charge < -0.3 is 11.1 Å². The normalized spacial score (nSPS) is 14.1. The third-order valence-electron chi connectivity index (χ3n) is 3.11. The van der Waals surface area contributed by atoms with E-state index in [1.165, 1.54) is 11.8 Å². The minimum Gasteiger partial charge on any atom is -0.399 e. The fraction of sp³-hybridized carbons (Fsp3) is 0.385. The van der Waals surface area contributed by atoms with Crippen molar-refractivity contribution in [3.05, 3.63) is 24.3 Å². The second-order valence-electron chi connectivity index (χ2n) is 4.91. The van der Waals surface area contributed by atoms with Crippen molar-refractivity contribution in [2.24, 2.45) is 0 Å². The molecule has 0 bridgehead atoms. The predicted octanol–water partition coefficient (Wildman–Crippen LogP) is 1.71. The summed E-state index contributed by atoms with van der Waals surface area (Å²) in [7, 11) is 0. The summed E-state index contributed by atoms with van der Waals surface area (Å²) in [6.45, 7) is 0. The van der Waals surface area contributed by atoms with Crippen LogP contribution in [0.4, 0.5) is 11.4 Å². The van der Waals surface area contributed by atoms with Gasteiger partial charge in [0.25, 0.3) is 0 Å². The summed E-state index contributed by atoms with van der Waals surface area (Å²) in [4.78, 5) is 11.8. The molecule has 110 valence electrons. The Hall–Kier alpha value is -2.09. The maximum Gasteiger partial charge on any atom is 0.225 e. The van der Waals surface area contributed by atoms with Crippen molar-refractivity contribution in [3.8, 4) is 0 Å². The molecule has 1 saturated carbocycles. The van der Waals surface area contributed by atoms with E-state index in [1.807, 2.05) is 4.68 Å². The number of nitrogens with zero attached hydrogens (tertiary/aromatic N) is 4. The lowest BCUT2D eigenvalue weighted by molar-refractivity contribution is -0.115. The van der Waals surface area contributed by atoms with E-state index in [0.29, 0.717) is 23.9 Å². The molecule has 8 heteroatoms. The number of nitrogen functional groups attached to an aromatic ring is 1. The summed E-state index contributed by atoms with van der Waals surface area (Å²) >= 11 is 1.51. The van der Waals surface area contributed by atoms with Crippen LogP contribution in [-0.4, -0.2) is 31.9 Å². The zero-order chi connectivity index (χ0) is 14.7. The predicted molar refractivity (Wildman–Crippen MR) is 80.9 cm³/mol. The molecule has 0 saturated heterocycles. The SMILES string of the molecule is Nc1ccc(NC(=O)CCSc2nnnn2C2CC2)cc1.